The van der Waals surface area contributed by atoms with E-state index >= 15 is 0 Å². The summed E-state index contributed by atoms with van der Waals surface area (Å²) in [7, 11) is 0. The molecular weight excluding hydrogens is 547 g/mol. The van der Waals surface area contributed by atoms with Gasteiger partial charge in [-0.15, -0.1) is 10.2 Å². The first kappa shape index (κ1) is 27.2. The molecule has 4 aromatic rings. The molecular formula is C27H22F3N5O4S. The Morgan fingerprint density at radius 1 is 0.950 bits per heavy atom. The van der Waals surface area contributed by atoms with E-state index in [1.807, 2.05) is 4.90 Å². The van der Waals surface area contributed by atoms with Gasteiger partial charge in [0.15, 0.2) is 6.29 Å². The van der Waals surface area contributed by atoms with Crippen LogP contribution in [-0.2, 0) is 12.7 Å². The van der Waals surface area contributed by atoms with E-state index in [-0.39, 0.29) is 17.0 Å². The van der Waals surface area contributed by atoms with E-state index in [1.54, 1.807) is 24.3 Å². The number of phenols is 1. The number of aromatic nitrogens is 2. The number of nitrogens with zero attached hydrogens (tertiary/aromatic N) is 5. The number of alkyl halides is 3. The Kier molecular flexibility index (Phi) is 7.50. The molecule has 2 heterocycles. The zero-order valence-corrected chi connectivity index (χ0v) is 21.7. The average Bonchev–Trinajstić information content (AvgIpc) is 3.44. The van der Waals surface area contributed by atoms with Crippen molar-refractivity contribution in [2.45, 2.75) is 12.7 Å². The van der Waals surface area contributed by atoms with Gasteiger partial charge in [-0.1, -0.05) is 29.5 Å². The van der Waals surface area contributed by atoms with Crippen LogP contribution in [0.4, 0.5) is 24.5 Å². The predicted octanol–water partition coefficient (Wildman–Crippen LogP) is 5.64. The number of aromatic hydroxyl groups is 1. The fourth-order valence-electron chi connectivity index (χ4n) is 4.53. The van der Waals surface area contributed by atoms with Crippen LogP contribution < -0.4 is 4.90 Å². The zero-order chi connectivity index (χ0) is 28.4. The fraction of sp³-hybridized carbons (Fsp3) is 0.222. The van der Waals surface area contributed by atoms with Gasteiger partial charge in [-0.05, 0) is 42.0 Å². The van der Waals surface area contributed by atoms with Gasteiger partial charge in [0.05, 0.1) is 16.1 Å². The molecule has 206 valence electrons. The molecule has 0 saturated carbocycles. The quantitative estimate of drug-likeness (QED) is 0.173. The zero-order valence-electron chi connectivity index (χ0n) is 20.8. The lowest BCUT2D eigenvalue weighted by atomic mass is 10.1. The number of rotatable bonds is 7. The summed E-state index contributed by atoms with van der Waals surface area (Å²) < 4.78 is 38.6. The van der Waals surface area contributed by atoms with E-state index in [2.05, 4.69) is 15.1 Å². The lowest BCUT2D eigenvalue weighted by molar-refractivity contribution is -0.384. The van der Waals surface area contributed by atoms with Gasteiger partial charge in [-0.2, -0.15) is 13.2 Å². The Hall–Kier alpha value is -4.36. The smallest absolute Gasteiger partial charge is 0.416 e. The molecule has 13 heteroatoms. The van der Waals surface area contributed by atoms with E-state index in [0.717, 1.165) is 29.0 Å². The van der Waals surface area contributed by atoms with E-state index in [0.29, 0.717) is 65.8 Å². The van der Waals surface area contributed by atoms with E-state index in [9.17, 15) is 33.2 Å². The highest BCUT2D eigenvalue weighted by atomic mass is 32.1. The number of hydrogen-bond donors (Lipinski definition) is 1. The largest absolute Gasteiger partial charge is 0.507 e. The van der Waals surface area contributed by atoms with Gasteiger partial charge in [0.1, 0.15) is 21.5 Å². The molecule has 0 bridgehead atoms. The highest BCUT2D eigenvalue weighted by molar-refractivity contribution is 7.17. The Morgan fingerprint density at radius 3 is 2.23 bits per heavy atom. The number of carbonyl (C=O) groups excluding carboxylic acids is 1. The summed E-state index contributed by atoms with van der Waals surface area (Å²) in [5, 5.41) is 30.7. The molecule has 5 rings (SSSR count). The second kappa shape index (κ2) is 11.0. The number of nitro benzene ring substituents is 1. The van der Waals surface area contributed by atoms with E-state index < -0.39 is 16.7 Å². The third-order valence-electron chi connectivity index (χ3n) is 6.64. The molecule has 40 heavy (non-hydrogen) atoms. The molecule has 3 aromatic carbocycles. The number of carbonyl (C=O) groups is 1. The summed E-state index contributed by atoms with van der Waals surface area (Å²) in [5.74, 6) is -0.0660. The van der Waals surface area contributed by atoms with Crippen LogP contribution >= 0.6 is 11.3 Å². The predicted molar refractivity (Wildman–Crippen MR) is 143 cm³/mol. The van der Waals surface area contributed by atoms with Crippen LogP contribution in [-0.4, -0.2) is 57.6 Å². The number of nitro groups is 1. The van der Waals surface area contributed by atoms with Crippen molar-refractivity contribution in [2.24, 2.45) is 0 Å². The van der Waals surface area contributed by atoms with Gasteiger partial charge in [0.2, 0.25) is 0 Å². The minimum Gasteiger partial charge on any atom is -0.507 e. The standard InChI is InChI=1S/C27H22F3N5O4S/c28-27(29,30)21-5-2-18(3-6-21)25-31-32-26(40-25)19-4-7-22(23(14-19)35(38)39)34-11-9-33(10-12-34)15-17-1-8-24(37)20(13-17)16-36/h1-8,13-14,16,37H,9-12,15H2. The second-order valence-electron chi connectivity index (χ2n) is 9.22. The summed E-state index contributed by atoms with van der Waals surface area (Å²) in [6.45, 7) is 2.96. The van der Waals surface area contributed by atoms with Gasteiger partial charge in [0, 0.05) is 49.9 Å². The molecule has 0 spiro atoms. The number of phenolic OH excluding ortho intramolecular Hbond substituents is 1. The molecule has 0 radical (unpaired) electrons. The van der Waals surface area contributed by atoms with Crippen molar-refractivity contribution in [3.05, 3.63) is 87.5 Å². The van der Waals surface area contributed by atoms with Crippen molar-refractivity contribution < 1.29 is 28.0 Å². The lowest BCUT2D eigenvalue weighted by Crippen LogP contribution is -2.46. The van der Waals surface area contributed by atoms with Crippen LogP contribution in [0.25, 0.3) is 21.1 Å². The van der Waals surface area contributed by atoms with Gasteiger partial charge >= 0.3 is 6.18 Å². The number of hydrogen-bond acceptors (Lipinski definition) is 9. The second-order valence-corrected chi connectivity index (χ2v) is 10.2. The molecule has 1 aliphatic rings. The lowest BCUT2D eigenvalue weighted by Gasteiger charge is -2.35. The minimum atomic E-state index is -4.44. The molecule has 1 saturated heterocycles. The minimum absolute atomic E-state index is 0.0660. The summed E-state index contributed by atoms with van der Waals surface area (Å²) in [4.78, 5) is 26.7. The molecule has 0 unspecified atom stereocenters. The highest BCUT2D eigenvalue weighted by Gasteiger charge is 2.30. The topological polar surface area (TPSA) is 113 Å². The van der Waals surface area contributed by atoms with Crippen LogP contribution in [0.3, 0.4) is 0 Å². The van der Waals surface area contributed by atoms with Crippen molar-refractivity contribution in [3.8, 4) is 26.9 Å². The van der Waals surface area contributed by atoms with E-state index in [1.165, 1.54) is 24.3 Å². The van der Waals surface area contributed by atoms with Gasteiger partial charge in [0.25, 0.3) is 5.69 Å². The summed E-state index contributed by atoms with van der Waals surface area (Å²) in [5.41, 5.74) is 1.71. The van der Waals surface area contributed by atoms with Crippen LogP contribution in [0.1, 0.15) is 21.5 Å². The molecule has 0 atom stereocenters. The van der Waals surface area contributed by atoms with Crippen LogP contribution in [0, 0.1) is 10.1 Å². The van der Waals surface area contributed by atoms with Gasteiger partial charge in [-0.3, -0.25) is 19.8 Å². The summed E-state index contributed by atoms with van der Waals surface area (Å²) >= 11 is 1.14. The van der Waals surface area contributed by atoms with Crippen molar-refractivity contribution in [3.63, 3.8) is 0 Å². The number of halogens is 3. The maximum Gasteiger partial charge on any atom is 0.416 e. The molecule has 1 aromatic heterocycles. The average molecular weight is 570 g/mol. The monoisotopic (exact) mass is 569 g/mol. The first-order valence-electron chi connectivity index (χ1n) is 12.2. The summed E-state index contributed by atoms with van der Waals surface area (Å²) in [6.07, 6.45) is -3.83. The Morgan fingerprint density at radius 2 is 1.60 bits per heavy atom. The van der Waals surface area contributed by atoms with Crippen molar-refractivity contribution in [1.82, 2.24) is 15.1 Å². The summed E-state index contributed by atoms with van der Waals surface area (Å²) in [6, 6.07) is 14.3. The number of anilines is 1. The maximum atomic E-state index is 12.9. The fourth-order valence-corrected chi connectivity index (χ4v) is 5.38. The first-order chi connectivity index (χ1) is 19.1. The Labute approximate surface area is 230 Å². The van der Waals surface area contributed by atoms with Gasteiger partial charge < -0.3 is 10.0 Å². The van der Waals surface area contributed by atoms with Crippen molar-refractivity contribution in [2.75, 3.05) is 31.1 Å². The SMILES string of the molecule is O=Cc1cc(CN2CCN(c3ccc(-c4nnc(-c5ccc(C(F)(F)F)cc5)s4)cc3[N+](=O)[O-])CC2)ccc1O. The molecule has 1 aliphatic heterocycles. The number of benzene rings is 3. The number of aldehydes is 1. The van der Waals surface area contributed by atoms with Crippen molar-refractivity contribution >= 4 is 29.0 Å². The highest BCUT2D eigenvalue weighted by Crippen LogP contribution is 2.37. The first-order valence-corrected chi connectivity index (χ1v) is 13.0. The van der Waals surface area contributed by atoms with E-state index in [4.69, 9.17) is 0 Å². The molecule has 1 fully saturated rings. The molecule has 0 aliphatic carbocycles. The molecule has 1 N–H and O–H groups in total. The maximum absolute atomic E-state index is 12.9. The third-order valence-corrected chi connectivity index (χ3v) is 7.66. The normalized spacial score (nSPS) is 14.3. The Balaban J connectivity index is 1.29. The molecule has 9 nitrogen and oxygen atoms in total. The van der Waals surface area contributed by atoms with Crippen LogP contribution in [0.15, 0.2) is 60.7 Å². The van der Waals surface area contributed by atoms with Crippen LogP contribution in [0.2, 0.25) is 0 Å². The number of piperazine rings is 1. The van der Waals surface area contributed by atoms with Crippen LogP contribution in [0.5, 0.6) is 5.75 Å². The molecule has 0 amide bonds. The third kappa shape index (κ3) is 5.80. The Bertz CT molecular complexity index is 1550. The van der Waals surface area contributed by atoms with Gasteiger partial charge in [-0.25, -0.2) is 0 Å². The van der Waals surface area contributed by atoms with Crippen molar-refractivity contribution in [1.29, 1.82) is 0 Å².